The summed E-state index contributed by atoms with van der Waals surface area (Å²) in [5.41, 5.74) is 1.36. The highest BCUT2D eigenvalue weighted by Crippen LogP contribution is 2.30. The molecule has 0 atom stereocenters. The monoisotopic (exact) mass is 376 g/mol. The second kappa shape index (κ2) is 7.20. The molecule has 0 bridgehead atoms. The third-order valence-electron chi connectivity index (χ3n) is 4.97. The van der Waals surface area contributed by atoms with E-state index in [2.05, 4.69) is 24.1 Å². The lowest BCUT2D eigenvalue weighted by molar-refractivity contribution is 0.0940. The number of aromatic nitrogens is 2. The van der Waals surface area contributed by atoms with E-state index >= 15 is 0 Å². The third-order valence-corrected chi connectivity index (χ3v) is 6.82. The van der Waals surface area contributed by atoms with Crippen LogP contribution in [0.5, 0.6) is 0 Å². The van der Waals surface area contributed by atoms with Gasteiger partial charge in [-0.1, -0.05) is 38.8 Å². The SMILES string of the molecule is CCC(CC)CNC(=O)c1ncn2c1CN(C)S(=O)(=O)c1ccccc1-2. The number of fused-ring (bicyclic) bond motifs is 3. The molecule has 1 aliphatic heterocycles. The summed E-state index contributed by atoms with van der Waals surface area (Å²) in [6.07, 6.45) is 3.51. The lowest BCUT2D eigenvalue weighted by atomic mass is 10.0. The van der Waals surface area contributed by atoms with Crippen molar-refractivity contribution < 1.29 is 13.2 Å². The van der Waals surface area contributed by atoms with Crippen molar-refractivity contribution in [3.8, 4) is 5.69 Å². The van der Waals surface area contributed by atoms with E-state index < -0.39 is 10.0 Å². The molecule has 8 heteroatoms. The molecule has 0 fully saturated rings. The van der Waals surface area contributed by atoms with Crippen LogP contribution in [0.1, 0.15) is 42.9 Å². The first-order valence-corrected chi connectivity index (χ1v) is 10.2. The zero-order valence-corrected chi connectivity index (χ0v) is 16.1. The van der Waals surface area contributed by atoms with Gasteiger partial charge in [0.25, 0.3) is 5.91 Å². The van der Waals surface area contributed by atoms with E-state index in [0.717, 1.165) is 12.8 Å². The van der Waals surface area contributed by atoms with Crippen LogP contribution in [-0.4, -0.2) is 41.8 Å². The van der Waals surface area contributed by atoms with Crippen LogP contribution >= 0.6 is 0 Å². The van der Waals surface area contributed by atoms with E-state index in [1.807, 2.05) is 0 Å². The van der Waals surface area contributed by atoms with Crippen LogP contribution < -0.4 is 5.32 Å². The van der Waals surface area contributed by atoms with Crippen molar-refractivity contribution >= 4 is 15.9 Å². The Morgan fingerprint density at radius 1 is 1.27 bits per heavy atom. The quantitative estimate of drug-likeness (QED) is 0.867. The largest absolute Gasteiger partial charge is 0.350 e. The van der Waals surface area contributed by atoms with Crippen LogP contribution in [0, 0.1) is 5.92 Å². The Labute approximate surface area is 154 Å². The summed E-state index contributed by atoms with van der Waals surface area (Å²) in [7, 11) is -2.10. The zero-order valence-electron chi connectivity index (χ0n) is 15.3. The molecule has 1 N–H and O–H groups in total. The van der Waals surface area contributed by atoms with Gasteiger partial charge in [0.2, 0.25) is 10.0 Å². The average molecular weight is 376 g/mol. The van der Waals surface area contributed by atoms with E-state index in [1.54, 1.807) is 28.8 Å². The highest BCUT2D eigenvalue weighted by molar-refractivity contribution is 7.89. The molecule has 0 radical (unpaired) electrons. The fourth-order valence-corrected chi connectivity index (χ4v) is 4.47. The van der Waals surface area contributed by atoms with Crippen LogP contribution in [0.3, 0.4) is 0 Å². The highest BCUT2D eigenvalue weighted by atomic mass is 32.2. The second-order valence-electron chi connectivity index (χ2n) is 6.53. The van der Waals surface area contributed by atoms with E-state index in [1.165, 1.54) is 17.7 Å². The van der Waals surface area contributed by atoms with E-state index in [9.17, 15) is 13.2 Å². The first kappa shape index (κ1) is 18.6. The molecule has 7 nitrogen and oxygen atoms in total. The van der Waals surface area contributed by atoms with Gasteiger partial charge in [-0.25, -0.2) is 13.4 Å². The molecule has 1 aromatic heterocycles. The Bertz CT molecular complexity index is 916. The number of para-hydroxylation sites is 1. The first-order chi connectivity index (χ1) is 12.4. The Kier molecular flexibility index (Phi) is 5.15. The van der Waals surface area contributed by atoms with Crippen LogP contribution in [0.2, 0.25) is 0 Å². The summed E-state index contributed by atoms with van der Waals surface area (Å²) in [5.74, 6) is 0.153. The van der Waals surface area contributed by atoms with Gasteiger partial charge in [0.15, 0.2) is 5.69 Å². The third kappa shape index (κ3) is 3.14. The molecule has 0 saturated heterocycles. The number of imidazole rings is 1. The number of rotatable bonds is 5. The molecule has 1 amide bonds. The van der Waals surface area contributed by atoms with Crippen molar-refractivity contribution in [2.24, 2.45) is 5.92 Å². The number of nitrogens with zero attached hydrogens (tertiary/aromatic N) is 3. The topological polar surface area (TPSA) is 84.3 Å². The summed E-state index contributed by atoms with van der Waals surface area (Å²) in [6, 6.07) is 6.76. The second-order valence-corrected chi connectivity index (χ2v) is 8.54. The standard InChI is InChI=1S/C18H24N4O3S/c1-4-13(5-2)10-19-18(23)17-15-11-21(3)26(24,25)16-9-7-6-8-14(16)22(15)12-20-17/h6-9,12-13H,4-5,10-11H2,1-3H3,(H,19,23). The maximum atomic E-state index is 12.8. The summed E-state index contributed by atoms with van der Waals surface area (Å²) in [5, 5.41) is 2.93. The molecule has 140 valence electrons. The van der Waals surface area contributed by atoms with E-state index in [4.69, 9.17) is 0 Å². The molecular weight excluding hydrogens is 352 g/mol. The fraction of sp³-hybridized carbons (Fsp3) is 0.444. The van der Waals surface area contributed by atoms with Gasteiger partial charge < -0.3 is 5.32 Å². The van der Waals surface area contributed by atoms with Gasteiger partial charge in [-0.15, -0.1) is 0 Å². The van der Waals surface area contributed by atoms with Gasteiger partial charge in [0, 0.05) is 13.6 Å². The number of carbonyl (C=O) groups is 1. The smallest absolute Gasteiger partial charge is 0.271 e. The predicted molar refractivity (Wildman–Crippen MR) is 98.6 cm³/mol. The molecule has 1 aliphatic rings. The Morgan fingerprint density at radius 3 is 2.65 bits per heavy atom. The average Bonchev–Trinajstić information content (AvgIpc) is 3.02. The number of carbonyl (C=O) groups excluding carboxylic acids is 1. The lowest BCUT2D eigenvalue weighted by Gasteiger charge is -2.15. The molecule has 2 aromatic rings. The molecule has 3 rings (SSSR count). The number of benzene rings is 1. The van der Waals surface area contributed by atoms with Gasteiger partial charge in [0.05, 0.1) is 17.9 Å². The first-order valence-electron chi connectivity index (χ1n) is 8.80. The Morgan fingerprint density at radius 2 is 1.96 bits per heavy atom. The van der Waals surface area contributed by atoms with Crippen molar-refractivity contribution in [2.75, 3.05) is 13.6 Å². The number of nitrogens with one attached hydrogen (secondary N) is 1. The summed E-state index contributed by atoms with van der Waals surface area (Å²) in [6.45, 7) is 4.87. The van der Waals surface area contributed by atoms with Crippen LogP contribution in [0.4, 0.5) is 0 Å². The van der Waals surface area contributed by atoms with Crippen molar-refractivity contribution in [3.05, 3.63) is 42.0 Å². The van der Waals surface area contributed by atoms with Crippen molar-refractivity contribution in [2.45, 2.75) is 38.1 Å². The molecule has 1 aromatic carbocycles. The minimum absolute atomic E-state index is 0.0880. The number of sulfonamides is 1. The highest BCUT2D eigenvalue weighted by Gasteiger charge is 2.32. The van der Waals surface area contributed by atoms with Gasteiger partial charge in [-0.3, -0.25) is 9.36 Å². The fourth-order valence-electron chi connectivity index (χ4n) is 3.16. The molecule has 0 aliphatic carbocycles. The van der Waals surface area contributed by atoms with Crippen molar-refractivity contribution in [1.82, 2.24) is 19.2 Å². The van der Waals surface area contributed by atoms with Gasteiger partial charge in [-0.2, -0.15) is 4.31 Å². The minimum atomic E-state index is -3.62. The number of hydrogen-bond donors (Lipinski definition) is 1. The summed E-state index contributed by atoms with van der Waals surface area (Å²) >= 11 is 0. The number of hydrogen-bond acceptors (Lipinski definition) is 4. The van der Waals surface area contributed by atoms with Gasteiger partial charge in [-0.05, 0) is 18.1 Å². The summed E-state index contributed by atoms with van der Waals surface area (Å²) in [4.78, 5) is 17.1. The van der Waals surface area contributed by atoms with E-state index in [-0.39, 0.29) is 23.0 Å². The van der Waals surface area contributed by atoms with Crippen LogP contribution in [0.15, 0.2) is 35.5 Å². The van der Waals surface area contributed by atoms with Gasteiger partial charge in [0.1, 0.15) is 11.2 Å². The Hall–Kier alpha value is -2.19. The van der Waals surface area contributed by atoms with Crippen molar-refractivity contribution in [1.29, 1.82) is 0 Å². The molecule has 0 saturated carbocycles. The molecule has 2 heterocycles. The van der Waals surface area contributed by atoms with Gasteiger partial charge >= 0.3 is 0 Å². The molecule has 0 unspecified atom stereocenters. The number of amides is 1. The predicted octanol–water partition coefficient (Wildman–Crippen LogP) is 2.17. The van der Waals surface area contributed by atoms with Crippen LogP contribution in [0.25, 0.3) is 5.69 Å². The molecular formula is C18H24N4O3S. The molecule has 26 heavy (non-hydrogen) atoms. The summed E-state index contributed by atoms with van der Waals surface area (Å²) < 4.78 is 28.5. The van der Waals surface area contributed by atoms with E-state index in [0.29, 0.717) is 23.8 Å². The zero-order chi connectivity index (χ0) is 18.9. The van der Waals surface area contributed by atoms with Crippen molar-refractivity contribution in [3.63, 3.8) is 0 Å². The lowest BCUT2D eigenvalue weighted by Crippen LogP contribution is -2.31. The normalized spacial score (nSPS) is 16.0. The minimum Gasteiger partial charge on any atom is -0.350 e. The Balaban J connectivity index is 2.00. The maximum Gasteiger partial charge on any atom is 0.271 e. The van der Waals surface area contributed by atoms with Crippen LogP contribution in [-0.2, 0) is 16.6 Å². The maximum absolute atomic E-state index is 12.8. The molecule has 0 spiro atoms.